The zero-order valence-electron chi connectivity index (χ0n) is 13.5. The van der Waals surface area contributed by atoms with Crippen molar-refractivity contribution in [1.29, 1.82) is 0 Å². The van der Waals surface area contributed by atoms with Gasteiger partial charge in [0, 0.05) is 17.1 Å². The van der Waals surface area contributed by atoms with E-state index in [2.05, 4.69) is 24.9 Å². The van der Waals surface area contributed by atoms with Crippen molar-refractivity contribution < 1.29 is 9.47 Å². The zero-order valence-corrected chi connectivity index (χ0v) is 13.5. The molecule has 2 N–H and O–H groups in total. The van der Waals surface area contributed by atoms with Crippen molar-refractivity contribution in [3.63, 3.8) is 0 Å². The van der Waals surface area contributed by atoms with Crippen molar-refractivity contribution in [2.24, 2.45) is 11.1 Å². The van der Waals surface area contributed by atoms with E-state index >= 15 is 0 Å². The fourth-order valence-electron chi connectivity index (χ4n) is 2.50. The molecule has 0 radical (unpaired) electrons. The van der Waals surface area contributed by atoms with Crippen LogP contribution in [0.1, 0.15) is 25.1 Å². The van der Waals surface area contributed by atoms with Gasteiger partial charge in [0.15, 0.2) is 11.5 Å². The van der Waals surface area contributed by atoms with E-state index < -0.39 is 0 Å². The van der Waals surface area contributed by atoms with E-state index in [1.165, 1.54) is 5.56 Å². The third-order valence-electron chi connectivity index (χ3n) is 3.75. The van der Waals surface area contributed by atoms with E-state index in [0.717, 1.165) is 28.8 Å². The van der Waals surface area contributed by atoms with Gasteiger partial charge in [0.1, 0.15) is 0 Å². The van der Waals surface area contributed by atoms with Crippen LogP contribution in [0.2, 0.25) is 0 Å². The van der Waals surface area contributed by atoms with Crippen LogP contribution in [-0.4, -0.2) is 25.7 Å². The van der Waals surface area contributed by atoms with Gasteiger partial charge < -0.3 is 15.2 Å². The van der Waals surface area contributed by atoms with Gasteiger partial charge in [0.25, 0.3) is 0 Å². The summed E-state index contributed by atoms with van der Waals surface area (Å²) in [6.45, 7) is 7.00. The third-order valence-corrected chi connectivity index (χ3v) is 3.75. The summed E-state index contributed by atoms with van der Waals surface area (Å²) in [6, 6.07) is 6.06. The number of ether oxygens (including phenoxy) is 2. The van der Waals surface area contributed by atoms with E-state index in [4.69, 9.17) is 15.2 Å². The number of nitrogens with two attached hydrogens (primary N) is 1. The second kappa shape index (κ2) is 5.90. The van der Waals surface area contributed by atoms with Gasteiger partial charge in [-0.25, -0.2) is 0 Å². The maximum atomic E-state index is 5.88. The van der Waals surface area contributed by atoms with Crippen LogP contribution in [0.25, 0.3) is 10.9 Å². The largest absolute Gasteiger partial charge is 0.493 e. The molecule has 0 amide bonds. The number of methoxy groups -OCH3 is 2. The normalized spacial score (nSPS) is 11.7. The standard InChI is InChI=1S/C17H24N2O2/c1-11-6-12(9-17(2,3)10-18)13-7-15(20-4)16(21-5)8-14(13)19-11/h6-8H,9-10,18H2,1-5H3. The van der Waals surface area contributed by atoms with Gasteiger partial charge in [-0.1, -0.05) is 13.8 Å². The Morgan fingerprint density at radius 2 is 1.71 bits per heavy atom. The first-order chi connectivity index (χ1) is 9.90. The Hall–Kier alpha value is -1.81. The van der Waals surface area contributed by atoms with Crippen molar-refractivity contribution in [1.82, 2.24) is 4.98 Å². The Kier molecular flexibility index (Phi) is 4.37. The van der Waals surface area contributed by atoms with Gasteiger partial charge in [-0.05, 0) is 43.0 Å². The molecular formula is C17H24N2O2. The molecule has 4 nitrogen and oxygen atoms in total. The second-order valence-corrected chi connectivity index (χ2v) is 6.19. The molecule has 0 aliphatic rings. The van der Waals surface area contributed by atoms with Gasteiger partial charge in [-0.3, -0.25) is 4.98 Å². The molecular weight excluding hydrogens is 264 g/mol. The van der Waals surface area contributed by atoms with Gasteiger partial charge >= 0.3 is 0 Å². The minimum absolute atomic E-state index is 0.0495. The first-order valence-corrected chi connectivity index (χ1v) is 7.12. The van der Waals surface area contributed by atoms with Crippen molar-refractivity contribution >= 4 is 10.9 Å². The molecule has 0 spiro atoms. The quantitative estimate of drug-likeness (QED) is 0.918. The lowest BCUT2D eigenvalue weighted by Crippen LogP contribution is -2.26. The summed E-state index contributed by atoms with van der Waals surface area (Å²) >= 11 is 0. The molecule has 0 aliphatic heterocycles. The predicted octanol–water partition coefficient (Wildman–Crippen LogP) is 3.09. The number of pyridine rings is 1. The minimum atomic E-state index is 0.0495. The molecule has 1 aromatic carbocycles. The molecule has 1 heterocycles. The van der Waals surface area contributed by atoms with E-state index in [0.29, 0.717) is 12.3 Å². The predicted molar refractivity (Wildman–Crippen MR) is 86.1 cm³/mol. The third kappa shape index (κ3) is 3.27. The number of hydrogen-bond acceptors (Lipinski definition) is 4. The summed E-state index contributed by atoms with van der Waals surface area (Å²) in [7, 11) is 3.28. The molecule has 4 heteroatoms. The van der Waals surface area contributed by atoms with Gasteiger partial charge in [0.2, 0.25) is 0 Å². The van der Waals surface area contributed by atoms with Crippen molar-refractivity contribution in [2.75, 3.05) is 20.8 Å². The number of fused-ring (bicyclic) bond motifs is 1. The monoisotopic (exact) mass is 288 g/mol. The average Bonchev–Trinajstić information content (AvgIpc) is 2.45. The topological polar surface area (TPSA) is 57.4 Å². The molecule has 114 valence electrons. The minimum Gasteiger partial charge on any atom is -0.493 e. The van der Waals surface area contributed by atoms with Crippen LogP contribution in [-0.2, 0) is 6.42 Å². The van der Waals surface area contributed by atoms with Crippen molar-refractivity contribution in [2.45, 2.75) is 27.2 Å². The number of hydrogen-bond donors (Lipinski definition) is 1. The number of benzene rings is 1. The summed E-state index contributed by atoms with van der Waals surface area (Å²) in [5.74, 6) is 1.43. The molecule has 0 saturated carbocycles. The highest BCUT2D eigenvalue weighted by atomic mass is 16.5. The van der Waals surface area contributed by atoms with Crippen LogP contribution in [0.4, 0.5) is 0 Å². The van der Waals surface area contributed by atoms with E-state index in [9.17, 15) is 0 Å². The summed E-state index contributed by atoms with van der Waals surface area (Å²) < 4.78 is 10.8. The number of aromatic nitrogens is 1. The summed E-state index contributed by atoms with van der Waals surface area (Å²) in [4.78, 5) is 4.61. The average molecular weight is 288 g/mol. The first-order valence-electron chi connectivity index (χ1n) is 7.12. The maximum Gasteiger partial charge on any atom is 0.162 e. The lowest BCUT2D eigenvalue weighted by molar-refractivity contribution is 0.355. The van der Waals surface area contributed by atoms with Gasteiger partial charge in [-0.2, -0.15) is 0 Å². The maximum absolute atomic E-state index is 5.88. The van der Waals surface area contributed by atoms with Crippen LogP contribution in [0.3, 0.4) is 0 Å². The van der Waals surface area contributed by atoms with Crippen LogP contribution >= 0.6 is 0 Å². The molecule has 2 aromatic rings. The highest BCUT2D eigenvalue weighted by Gasteiger charge is 2.19. The molecule has 0 fully saturated rings. The Morgan fingerprint density at radius 3 is 2.29 bits per heavy atom. The van der Waals surface area contributed by atoms with Crippen LogP contribution < -0.4 is 15.2 Å². The molecule has 0 unspecified atom stereocenters. The Morgan fingerprint density at radius 1 is 1.10 bits per heavy atom. The lowest BCUT2D eigenvalue weighted by Gasteiger charge is -2.23. The Balaban J connectivity index is 2.64. The molecule has 0 atom stereocenters. The molecule has 0 bridgehead atoms. The van der Waals surface area contributed by atoms with Gasteiger partial charge in [-0.15, -0.1) is 0 Å². The van der Waals surface area contributed by atoms with Crippen molar-refractivity contribution in [3.05, 3.63) is 29.5 Å². The Bertz CT molecular complexity index is 651. The van der Waals surface area contributed by atoms with Crippen molar-refractivity contribution in [3.8, 4) is 11.5 Å². The lowest BCUT2D eigenvalue weighted by atomic mass is 9.84. The molecule has 0 aliphatic carbocycles. The van der Waals surface area contributed by atoms with Crippen LogP contribution in [0, 0.1) is 12.3 Å². The summed E-state index contributed by atoms with van der Waals surface area (Å²) in [6.07, 6.45) is 0.902. The number of aryl methyl sites for hydroxylation is 1. The smallest absolute Gasteiger partial charge is 0.162 e. The summed E-state index contributed by atoms with van der Waals surface area (Å²) in [5, 5.41) is 1.10. The van der Waals surface area contributed by atoms with E-state index in [-0.39, 0.29) is 5.41 Å². The molecule has 21 heavy (non-hydrogen) atoms. The number of nitrogens with zero attached hydrogens (tertiary/aromatic N) is 1. The molecule has 0 saturated heterocycles. The van der Waals surface area contributed by atoms with E-state index in [1.807, 2.05) is 19.1 Å². The van der Waals surface area contributed by atoms with E-state index in [1.54, 1.807) is 14.2 Å². The molecule has 2 rings (SSSR count). The van der Waals surface area contributed by atoms with Crippen LogP contribution in [0.15, 0.2) is 18.2 Å². The SMILES string of the molecule is COc1cc2nc(C)cc(CC(C)(C)CN)c2cc1OC. The van der Waals surface area contributed by atoms with Gasteiger partial charge in [0.05, 0.1) is 19.7 Å². The second-order valence-electron chi connectivity index (χ2n) is 6.19. The van der Waals surface area contributed by atoms with Crippen LogP contribution in [0.5, 0.6) is 11.5 Å². The first kappa shape index (κ1) is 15.6. The Labute approximate surface area is 126 Å². The zero-order chi connectivity index (χ0) is 15.6. The molecule has 1 aromatic heterocycles. The highest BCUT2D eigenvalue weighted by Crippen LogP contribution is 2.34. The number of rotatable bonds is 5. The highest BCUT2D eigenvalue weighted by molar-refractivity contribution is 5.86. The fraction of sp³-hybridized carbons (Fsp3) is 0.471. The fourth-order valence-corrected chi connectivity index (χ4v) is 2.50. The summed E-state index contributed by atoms with van der Waals surface area (Å²) in [5.41, 5.74) is 9.10.